The van der Waals surface area contributed by atoms with Crippen molar-refractivity contribution in [3.8, 4) is 5.75 Å². The second-order valence-electron chi connectivity index (χ2n) is 4.98. The summed E-state index contributed by atoms with van der Waals surface area (Å²) < 4.78 is 63.1. The van der Waals surface area contributed by atoms with Crippen molar-refractivity contribution in [1.82, 2.24) is 5.06 Å². The molecule has 0 bridgehead atoms. The molecule has 0 fully saturated rings. The lowest BCUT2D eigenvalue weighted by atomic mass is 10.1. The molecule has 0 unspecified atom stereocenters. The maximum atomic E-state index is 12.6. The summed E-state index contributed by atoms with van der Waals surface area (Å²) >= 11 is 0. The van der Waals surface area contributed by atoms with Crippen LogP contribution in [-0.2, 0) is 0 Å². The standard InChI is InChI=1S/C14H8F5NO3S/c15-24(16,17,18,19)10-7-5-9(6-8-10)23-20-13(21)11-3-1-2-4-12(11)14(20)22/h1-8H. The molecule has 0 atom stereocenters. The molecule has 2 aromatic carbocycles. The molecule has 1 heterocycles. The summed E-state index contributed by atoms with van der Waals surface area (Å²) in [6.07, 6.45) is 0. The Morgan fingerprint density at radius 1 is 0.750 bits per heavy atom. The molecular formula is C14H8F5NO3S. The lowest BCUT2D eigenvalue weighted by molar-refractivity contribution is -0.0141. The van der Waals surface area contributed by atoms with Gasteiger partial charge in [0.2, 0.25) is 0 Å². The number of imide groups is 1. The molecule has 128 valence electrons. The molecule has 0 spiro atoms. The van der Waals surface area contributed by atoms with Gasteiger partial charge in [0.1, 0.15) is 4.90 Å². The maximum Gasteiger partial charge on any atom is 0.310 e. The van der Waals surface area contributed by atoms with E-state index in [2.05, 4.69) is 0 Å². The average molecular weight is 365 g/mol. The van der Waals surface area contributed by atoms with Crippen LogP contribution in [0.3, 0.4) is 0 Å². The summed E-state index contributed by atoms with van der Waals surface area (Å²) in [7, 11) is -9.79. The first-order valence-corrected chi connectivity index (χ1v) is 8.32. The second kappa shape index (κ2) is 4.26. The number of rotatable bonds is 3. The van der Waals surface area contributed by atoms with Crippen molar-refractivity contribution in [2.45, 2.75) is 4.90 Å². The van der Waals surface area contributed by atoms with Crippen molar-refractivity contribution in [2.24, 2.45) is 0 Å². The smallest absolute Gasteiger partial charge is 0.310 e. The van der Waals surface area contributed by atoms with Crippen LogP contribution in [0.15, 0.2) is 53.4 Å². The van der Waals surface area contributed by atoms with Gasteiger partial charge in [-0.3, -0.25) is 9.59 Å². The van der Waals surface area contributed by atoms with Gasteiger partial charge in [0.25, 0.3) is 11.8 Å². The number of nitrogens with zero attached hydrogens (tertiary/aromatic N) is 1. The van der Waals surface area contributed by atoms with Gasteiger partial charge in [-0.15, -0.1) is 0 Å². The van der Waals surface area contributed by atoms with E-state index < -0.39 is 26.9 Å². The Bertz CT molecular complexity index is 830. The van der Waals surface area contributed by atoms with E-state index in [4.69, 9.17) is 4.84 Å². The molecule has 2 aromatic rings. The van der Waals surface area contributed by atoms with Crippen molar-refractivity contribution < 1.29 is 33.9 Å². The van der Waals surface area contributed by atoms with E-state index in [1.807, 2.05) is 0 Å². The number of hydroxylamine groups is 2. The minimum atomic E-state index is -9.79. The van der Waals surface area contributed by atoms with Crippen LogP contribution in [-0.4, -0.2) is 16.9 Å². The quantitative estimate of drug-likeness (QED) is 0.572. The van der Waals surface area contributed by atoms with Gasteiger partial charge in [0.15, 0.2) is 5.75 Å². The SMILES string of the molecule is O=C1c2ccccc2C(=O)N1Oc1ccc(S(F)(F)(F)(F)F)cc1. The molecular weight excluding hydrogens is 357 g/mol. The number of carbonyl (C=O) groups is 2. The number of amides is 2. The third kappa shape index (κ3) is 2.80. The Morgan fingerprint density at radius 2 is 1.21 bits per heavy atom. The van der Waals surface area contributed by atoms with Gasteiger partial charge in [0.05, 0.1) is 11.1 Å². The predicted molar refractivity (Wildman–Crippen MR) is 75.4 cm³/mol. The zero-order valence-electron chi connectivity index (χ0n) is 11.6. The molecule has 2 amide bonds. The van der Waals surface area contributed by atoms with Crippen molar-refractivity contribution in [3.05, 3.63) is 59.7 Å². The molecule has 0 aliphatic carbocycles. The molecule has 0 N–H and O–H groups in total. The first-order valence-electron chi connectivity index (χ1n) is 6.37. The van der Waals surface area contributed by atoms with Crippen LogP contribution in [0.5, 0.6) is 5.75 Å². The highest BCUT2D eigenvalue weighted by molar-refractivity contribution is 8.45. The topological polar surface area (TPSA) is 46.6 Å². The number of carbonyl (C=O) groups excluding carboxylic acids is 2. The van der Waals surface area contributed by atoms with Gasteiger partial charge < -0.3 is 4.84 Å². The fraction of sp³-hybridized carbons (Fsp3) is 0. The van der Waals surface area contributed by atoms with E-state index in [1.165, 1.54) is 24.3 Å². The van der Waals surface area contributed by atoms with Gasteiger partial charge >= 0.3 is 10.2 Å². The number of halogens is 5. The van der Waals surface area contributed by atoms with Gasteiger partial charge in [-0.2, -0.15) is 0 Å². The lowest BCUT2D eigenvalue weighted by Gasteiger charge is -2.40. The Balaban J connectivity index is 1.87. The minimum Gasteiger partial charge on any atom is -0.368 e. The van der Waals surface area contributed by atoms with Crippen molar-refractivity contribution in [1.29, 1.82) is 0 Å². The first kappa shape index (κ1) is 16.2. The number of benzene rings is 2. The summed E-state index contributed by atoms with van der Waals surface area (Å²) in [4.78, 5) is 26.9. The molecule has 1 aliphatic rings. The molecule has 0 saturated heterocycles. The number of fused-ring (bicyclic) bond motifs is 1. The molecule has 24 heavy (non-hydrogen) atoms. The van der Waals surface area contributed by atoms with Crippen LogP contribution in [0.2, 0.25) is 0 Å². The van der Waals surface area contributed by atoms with Gasteiger partial charge in [-0.05, 0) is 36.4 Å². The fourth-order valence-corrected chi connectivity index (χ4v) is 2.76. The summed E-state index contributed by atoms with van der Waals surface area (Å²) in [6.45, 7) is 0. The normalized spacial score (nSPS) is 17.3. The van der Waals surface area contributed by atoms with Crippen LogP contribution in [0.25, 0.3) is 0 Å². The summed E-state index contributed by atoms with van der Waals surface area (Å²) in [6, 6.07) is 7.30. The van der Waals surface area contributed by atoms with Crippen LogP contribution in [0.1, 0.15) is 20.7 Å². The third-order valence-electron chi connectivity index (χ3n) is 3.22. The number of hydrogen-bond acceptors (Lipinski definition) is 3. The highest BCUT2D eigenvalue weighted by Crippen LogP contribution is 3.02. The Hall–Kier alpha value is -2.62. The molecule has 3 rings (SSSR count). The molecule has 10 heteroatoms. The van der Waals surface area contributed by atoms with Crippen molar-refractivity contribution >= 4 is 22.0 Å². The summed E-state index contributed by atoms with van der Waals surface area (Å²) in [5.74, 6) is -1.96. The van der Waals surface area contributed by atoms with Crippen LogP contribution < -0.4 is 4.84 Å². The molecule has 1 aliphatic heterocycles. The molecule has 0 radical (unpaired) electrons. The lowest BCUT2D eigenvalue weighted by Crippen LogP contribution is -2.33. The highest BCUT2D eigenvalue weighted by atomic mass is 32.5. The van der Waals surface area contributed by atoms with E-state index in [0.717, 1.165) is 0 Å². The Labute approximate surface area is 132 Å². The number of hydrogen-bond donors (Lipinski definition) is 0. The molecule has 0 aromatic heterocycles. The summed E-state index contributed by atoms with van der Waals surface area (Å²) in [5.41, 5.74) is 0.150. The van der Waals surface area contributed by atoms with E-state index >= 15 is 0 Å². The van der Waals surface area contributed by atoms with Crippen molar-refractivity contribution in [3.63, 3.8) is 0 Å². The van der Waals surface area contributed by atoms with Crippen LogP contribution in [0, 0.1) is 0 Å². The van der Waals surface area contributed by atoms with Gasteiger partial charge in [0, 0.05) is 0 Å². The first-order chi connectivity index (χ1) is 10.9. The van der Waals surface area contributed by atoms with E-state index in [1.54, 1.807) is 0 Å². The average Bonchev–Trinajstić information content (AvgIpc) is 2.71. The van der Waals surface area contributed by atoms with Crippen LogP contribution in [0.4, 0.5) is 19.4 Å². The van der Waals surface area contributed by atoms with Gasteiger partial charge in [-0.25, -0.2) is 0 Å². The molecule has 4 nitrogen and oxygen atoms in total. The Kier molecular flexibility index (Phi) is 2.88. The maximum absolute atomic E-state index is 12.6. The van der Waals surface area contributed by atoms with E-state index in [9.17, 15) is 29.0 Å². The van der Waals surface area contributed by atoms with E-state index in [0.29, 0.717) is 17.2 Å². The van der Waals surface area contributed by atoms with Crippen molar-refractivity contribution in [2.75, 3.05) is 0 Å². The van der Waals surface area contributed by atoms with Gasteiger partial charge in [-0.1, -0.05) is 36.6 Å². The fourth-order valence-electron chi connectivity index (χ4n) is 2.11. The minimum absolute atomic E-state index is 0.0751. The third-order valence-corrected chi connectivity index (χ3v) is 4.39. The zero-order valence-corrected chi connectivity index (χ0v) is 12.4. The second-order valence-corrected chi connectivity index (χ2v) is 7.39. The summed E-state index contributed by atoms with van der Waals surface area (Å²) in [5, 5.41) is 0.361. The monoisotopic (exact) mass is 365 g/mol. The van der Waals surface area contributed by atoms with E-state index in [-0.39, 0.29) is 29.0 Å². The Morgan fingerprint density at radius 3 is 1.62 bits per heavy atom. The predicted octanol–water partition coefficient (Wildman–Crippen LogP) is 4.93. The zero-order chi connectivity index (χ0) is 17.8. The molecule has 0 saturated carbocycles. The van der Waals surface area contributed by atoms with Crippen LogP contribution >= 0.6 is 10.2 Å². The largest absolute Gasteiger partial charge is 0.368 e. The highest BCUT2D eigenvalue weighted by Gasteiger charge is 2.65.